The van der Waals surface area contributed by atoms with E-state index in [1.54, 1.807) is 31.2 Å². The lowest BCUT2D eigenvalue weighted by Crippen LogP contribution is -2.18. The molecule has 8 heteroatoms. The molecular formula is C23H24O8. The third-order valence-corrected chi connectivity index (χ3v) is 4.26. The molecule has 1 N–H and O–H groups in total. The molecule has 0 bridgehead atoms. The summed E-state index contributed by atoms with van der Waals surface area (Å²) in [5.41, 5.74) is 0.129. The van der Waals surface area contributed by atoms with Crippen LogP contribution in [0.2, 0.25) is 0 Å². The zero-order valence-corrected chi connectivity index (χ0v) is 17.6. The molecule has 0 heterocycles. The SMILES string of the molecule is CCC(=O)Oc1c(O)cc(C(=O)OCc2ccccc2)c(C(=O)CC)c1OC(=O)CC. The third-order valence-electron chi connectivity index (χ3n) is 4.26. The molecule has 0 unspecified atom stereocenters. The second-order valence-corrected chi connectivity index (χ2v) is 6.47. The van der Waals surface area contributed by atoms with Crippen molar-refractivity contribution in [3.8, 4) is 17.2 Å². The van der Waals surface area contributed by atoms with Crippen molar-refractivity contribution in [1.82, 2.24) is 0 Å². The number of rotatable bonds is 9. The fourth-order valence-corrected chi connectivity index (χ4v) is 2.61. The van der Waals surface area contributed by atoms with Crippen LogP contribution in [0, 0.1) is 0 Å². The van der Waals surface area contributed by atoms with Gasteiger partial charge in [-0.05, 0) is 11.6 Å². The summed E-state index contributed by atoms with van der Waals surface area (Å²) < 4.78 is 15.6. The molecule has 0 amide bonds. The number of ether oxygens (including phenoxy) is 3. The molecular weight excluding hydrogens is 404 g/mol. The van der Waals surface area contributed by atoms with Crippen LogP contribution < -0.4 is 9.47 Å². The molecule has 2 aromatic carbocycles. The van der Waals surface area contributed by atoms with Crippen molar-refractivity contribution in [2.45, 2.75) is 46.6 Å². The first-order chi connectivity index (χ1) is 14.8. The Labute approximate surface area is 179 Å². The molecule has 0 atom stereocenters. The van der Waals surface area contributed by atoms with Gasteiger partial charge in [0.15, 0.2) is 17.3 Å². The topological polar surface area (TPSA) is 116 Å². The first-order valence-corrected chi connectivity index (χ1v) is 9.87. The second-order valence-electron chi connectivity index (χ2n) is 6.47. The van der Waals surface area contributed by atoms with E-state index in [4.69, 9.17) is 14.2 Å². The first kappa shape index (κ1) is 23.6. The highest BCUT2D eigenvalue weighted by Gasteiger charge is 2.31. The van der Waals surface area contributed by atoms with E-state index in [9.17, 15) is 24.3 Å². The maximum absolute atomic E-state index is 12.8. The number of aromatic hydroxyl groups is 1. The molecule has 2 rings (SSSR count). The van der Waals surface area contributed by atoms with E-state index in [2.05, 4.69) is 0 Å². The van der Waals surface area contributed by atoms with Gasteiger partial charge in [-0.15, -0.1) is 0 Å². The second kappa shape index (κ2) is 10.9. The Morgan fingerprint density at radius 3 is 1.97 bits per heavy atom. The van der Waals surface area contributed by atoms with Crippen LogP contribution in [-0.2, 0) is 20.9 Å². The highest BCUT2D eigenvalue weighted by molar-refractivity contribution is 6.10. The van der Waals surface area contributed by atoms with Gasteiger partial charge in [-0.2, -0.15) is 0 Å². The van der Waals surface area contributed by atoms with Crippen LogP contribution in [0.15, 0.2) is 36.4 Å². The Balaban J connectivity index is 2.58. The summed E-state index contributed by atoms with van der Waals surface area (Å²) in [7, 11) is 0. The van der Waals surface area contributed by atoms with Crippen molar-refractivity contribution < 1.29 is 38.5 Å². The van der Waals surface area contributed by atoms with E-state index in [1.165, 1.54) is 13.8 Å². The summed E-state index contributed by atoms with van der Waals surface area (Å²) in [6.07, 6.45) is -0.121. The molecule has 0 saturated carbocycles. The van der Waals surface area contributed by atoms with Gasteiger partial charge in [0, 0.05) is 19.3 Å². The summed E-state index contributed by atoms with van der Waals surface area (Å²) in [5.74, 6) is -4.54. The number of benzene rings is 2. The van der Waals surface area contributed by atoms with Crippen LogP contribution in [0.4, 0.5) is 0 Å². The number of esters is 3. The van der Waals surface area contributed by atoms with E-state index in [0.29, 0.717) is 0 Å². The number of Topliss-reactive ketones (excluding diaryl/α,β-unsaturated/α-hetero) is 1. The smallest absolute Gasteiger partial charge is 0.339 e. The van der Waals surface area contributed by atoms with Gasteiger partial charge in [0.25, 0.3) is 0 Å². The number of carbonyl (C=O) groups excluding carboxylic acids is 4. The van der Waals surface area contributed by atoms with Crippen LogP contribution in [-0.4, -0.2) is 28.8 Å². The van der Waals surface area contributed by atoms with Gasteiger partial charge < -0.3 is 19.3 Å². The number of ketones is 1. The van der Waals surface area contributed by atoms with Crippen molar-refractivity contribution in [2.24, 2.45) is 0 Å². The van der Waals surface area contributed by atoms with E-state index < -0.39 is 40.9 Å². The number of phenols is 1. The van der Waals surface area contributed by atoms with Crippen LogP contribution in [0.25, 0.3) is 0 Å². The van der Waals surface area contributed by atoms with E-state index in [0.717, 1.165) is 11.6 Å². The van der Waals surface area contributed by atoms with Crippen molar-refractivity contribution in [2.75, 3.05) is 0 Å². The maximum Gasteiger partial charge on any atom is 0.339 e. The fourth-order valence-electron chi connectivity index (χ4n) is 2.61. The van der Waals surface area contributed by atoms with E-state index in [-0.39, 0.29) is 37.0 Å². The van der Waals surface area contributed by atoms with Crippen LogP contribution >= 0.6 is 0 Å². The Morgan fingerprint density at radius 1 is 0.839 bits per heavy atom. The summed E-state index contributed by atoms with van der Waals surface area (Å²) >= 11 is 0. The lowest BCUT2D eigenvalue weighted by Gasteiger charge is -2.18. The molecule has 0 saturated heterocycles. The lowest BCUT2D eigenvalue weighted by molar-refractivity contribution is -0.136. The van der Waals surface area contributed by atoms with Gasteiger partial charge in [0.2, 0.25) is 5.75 Å². The van der Waals surface area contributed by atoms with E-state index in [1.807, 2.05) is 6.07 Å². The van der Waals surface area contributed by atoms with Crippen molar-refractivity contribution in [1.29, 1.82) is 0 Å². The summed E-state index contributed by atoms with van der Waals surface area (Å²) in [6, 6.07) is 9.85. The predicted octanol–water partition coefficient (Wildman–Crippen LogP) is 3.97. The number of hydrogen-bond acceptors (Lipinski definition) is 8. The molecule has 0 radical (unpaired) electrons. The largest absolute Gasteiger partial charge is 0.504 e. The monoisotopic (exact) mass is 428 g/mol. The van der Waals surface area contributed by atoms with Gasteiger partial charge in [-0.1, -0.05) is 51.1 Å². The van der Waals surface area contributed by atoms with Crippen molar-refractivity contribution in [3.05, 3.63) is 53.1 Å². The Hall–Kier alpha value is -3.68. The van der Waals surface area contributed by atoms with Crippen molar-refractivity contribution >= 4 is 23.7 Å². The standard InChI is InChI=1S/C23H24O8/c1-4-16(24)20-15(23(28)29-13-14-10-8-7-9-11-14)12-17(25)21(30-18(26)5-2)22(20)31-19(27)6-3/h7-12,25H,4-6,13H2,1-3H3. The summed E-state index contributed by atoms with van der Waals surface area (Å²) in [4.78, 5) is 49.3. The number of hydrogen-bond donors (Lipinski definition) is 1. The minimum Gasteiger partial charge on any atom is -0.504 e. The minimum absolute atomic E-state index is 0.0292. The third kappa shape index (κ3) is 5.91. The zero-order chi connectivity index (χ0) is 23.0. The quantitative estimate of drug-likeness (QED) is 0.362. The maximum atomic E-state index is 12.8. The van der Waals surface area contributed by atoms with Gasteiger partial charge in [0.1, 0.15) is 6.61 Å². The van der Waals surface area contributed by atoms with Crippen molar-refractivity contribution in [3.63, 3.8) is 0 Å². The molecule has 8 nitrogen and oxygen atoms in total. The molecule has 0 aliphatic carbocycles. The fraction of sp³-hybridized carbons (Fsp3) is 0.304. The van der Waals surface area contributed by atoms with Crippen LogP contribution in [0.5, 0.6) is 17.2 Å². The van der Waals surface area contributed by atoms with Gasteiger partial charge in [-0.3, -0.25) is 14.4 Å². The number of phenolic OH excluding ortho intramolecular Hbond substituents is 1. The summed E-state index contributed by atoms with van der Waals surface area (Å²) in [6.45, 7) is 4.54. The highest BCUT2D eigenvalue weighted by Crippen LogP contribution is 2.43. The Morgan fingerprint density at radius 2 is 1.42 bits per heavy atom. The minimum atomic E-state index is -0.905. The Bertz CT molecular complexity index is 979. The summed E-state index contributed by atoms with van der Waals surface area (Å²) in [5, 5.41) is 10.4. The van der Waals surface area contributed by atoms with Gasteiger partial charge in [0.05, 0.1) is 11.1 Å². The van der Waals surface area contributed by atoms with E-state index >= 15 is 0 Å². The molecule has 2 aromatic rings. The highest BCUT2D eigenvalue weighted by atomic mass is 16.6. The lowest BCUT2D eigenvalue weighted by atomic mass is 9.99. The average molecular weight is 428 g/mol. The molecule has 0 spiro atoms. The Kier molecular flexibility index (Phi) is 8.31. The first-order valence-electron chi connectivity index (χ1n) is 9.87. The van der Waals surface area contributed by atoms with Crippen LogP contribution in [0.3, 0.4) is 0 Å². The average Bonchev–Trinajstić information content (AvgIpc) is 2.79. The normalized spacial score (nSPS) is 10.3. The van der Waals surface area contributed by atoms with Gasteiger partial charge >= 0.3 is 17.9 Å². The molecule has 0 aliphatic rings. The van der Waals surface area contributed by atoms with Crippen LogP contribution in [0.1, 0.15) is 66.3 Å². The molecule has 0 fully saturated rings. The molecule has 31 heavy (non-hydrogen) atoms. The van der Waals surface area contributed by atoms with Gasteiger partial charge in [-0.25, -0.2) is 4.79 Å². The predicted molar refractivity (Wildman–Crippen MR) is 110 cm³/mol. The number of carbonyl (C=O) groups is 4. The zero-order valence-electron chi connectivity index (χ0n) is 17.6. The molecule has 0 aliphatic heterocycles. The molecule has 164 valence electrons. The molecule has 0 aromatic heterocycles.